The van der Waals surface area contributed by atoms with Gasteiger partial charge in [-0.2, -0.15) is 0 Å². The second-order valence-electron chi connectivity index (χ2n) is 10.6. The fourth-order valence-corrected chi connectivity index (χ4v) is 6.12. The van der Waals surface area contributed by atoms with E-state index in [1.165, 1.54) is 11.1 Å². The zero-order valence-corrected chi connectivity index (χ0v) is 19.6. The average Bonchev–Trinajstić information content (AvgIpc) is 3.04. The lowest BCUT2D eigenvalue weighted by Crippen LogP contribution is -3.18. The summed E-state index contributed by atoms with van der Waals surface area (Å²) in [6.45, 7) is 10.1. The smallest absolute Gasteiger partial charge is 0.116 e. The molecule has 1 saturated carbocycles. The van der Waals surface area contributed by atoms with E-state index in [-0.39, 0.29) is 30.0 Å². The predicted octanol–water partition coefficient (Wildman–Crippen LogP) is 3.30. The van der Waals surface area contributed by atoms with Crippen LogP contribution in [0.4, 0.5) is 0 Å². The number of allylic oxidation sites excluding steroid dienone is 4. The minimum absolute atomic E-state index is 0.0270. The Morgan fingerprint density at radius 2 is 1.87 bits per heavy atom. The van der Waals surface area contributed by atoms with Crippen molar-refractivity contribution in [1.29, 1.82) is 0 Å². The van der Waals surface area contributed by atoms with Gasteiger partial charge in [-0.25, -0.2) is 0 Å². The highest BCUT2D eigenvalue weighted by atomic mass is 16.6. The first kappa shape index (κ1) is 23.9. The molecule has 3 N–H and O–H groups in total. The van der Waals surface area contributed by atoms with E-state index in [1.54, 1.807) is 6.92 Å². The Kier molecular flexibility index (Phi) is 7.84. The van der Waals surface area contributed by atoms with E-state index in [0.717, 1.165) is 44.9 Å². The van der Waals surface area contributed by atoms with Crippen molar-refractivity contribution in [2.24, 2.45) is 11.8 Å². The zero-order valence-electron chi connectivity index (χ0n) is 19.6. The molecule has 172 valence electrons. The predicted molar refractivity (Wildman–Crippen MR) is 120 cm³/mol. The molecule has 0 aromatic carbocycles. The molecule has 2 saturated heterocycles. The van der Waals surface area contributed by atoms with E-state index < -0.39 is 17.8 Å². The fraction of sp³-hybridized carbons (Fsp3) is 0.840. The molecule has 3 fully saturated rings. The van der Waals surface area contributed by atoms with Crippen LogP contribution in [0, 0.1) is 17.0 Å². The van der Waals surface area contributed by atoms with Crippen LogP contribution in [0.3, 0.4) is 0 Å². The Hall–Kier alpha value is -0.720. The van der Waals surface area contributed by atoms with Crippen LogP contribution in [0.5, 0.6) is 0 Å². The Balaban J connectivity index is 1.63. The second kappa shape index (κ2) is 9.83. The lowest BCUT2D eigenvalue weighted by Gasteiger charge is -2.52. The number of rotatable bonds is 7. The summed E-state index contributed by atoms with van der Waals surface area (Å²) in [6, 6.07) is -0.120. The van der Waals surface area contributed by atoms with Crippen molar-refractivity contribution >= 4 is 0 Å². The number of piperidine rings is 1. The lowest BCUT2D eigenvalue weighted by atomic mass is 9.67. The van der Waals surface area contributed by atoms with E-state index in [9.17, 15) is 15.4 Å². The molecule has 0 bridgehead atoms. The third-order valence-corrected chi connectivity index (χ3v) is 7.86. The quantitative estimate of drug-likeness (QED) is 0.435. The van der Waals surface area contributed by atoms with Crippen molar-refractivity contribution in [1.82, 2.24) is 0 Å². The van der Waals surface area contributed by atoms with Gasteiger partial charge in [0.1, 0.15) is 18.2 Å². The molecule has 5 heteroatoms. The van der Waals surface area contributed by atoms with E-state index in [2.05, 4.69) is 32.9 Å². The minimum atomic E-state index is -1.11. The van der Waals surface area contributed by atoms with Crippen molar-refractivity contribution in [3.63, 3.8) is 0 Å². The number of aliphatic hydroxyl groups excluding tert-OH is 1. The van der Waals surface area contributed by atoms with E-state index in [4.69, 9.17) is 4.74 Å². The summed E-state index contributed by atoms with van der Waals surface area (Å²) in [4.78, 5) is 0. The van der Waals surface area contributed by atoms with Gasteiger partial charge < -0.3 is 25.2 Å². The Bertz CT molecular complexity index is 639. The molecule has 1 aliphatic carbocycles. The highest BCUT2D eigenvalue weighted by molar-refractivity contribution is 5.07. The molecular weight excluding hydrogens is 378 g/mol. The van der Waals surface area contributed by atoms with Crippen molar-refractivity contribution in [3.05, 3.63) is 28.5 Å². The molecular formula is C25H43NO4. The molecule has 30 heavy (non-hydrogen) atoms. The number of fused-ring (bicyclic) bond motifs is 3. The van der Waals surface area contributed by atoms with Gasteiger partial charge in [-0.3, -0.25) is 0 Å². The first-order valence-electron chi connectivity index (χ1n) is 12.0. The summed E-state index contributed by atoms with van der Waals surface area (Å²) in [6.07, 6.45) is 10.4. The van der Waals surface area contributed by atoms with Crippen LogP contribution in [0.15, 0.2) is 23.3 Å². The maximum Gasteiger partial charge on any atom is 0.116 e. The lowest BCUT2D eigenvalue weighted by molar-refractivity contribution is -0.917. The first-order chi connectivity index (χ1) is 14.1. The van der Waals surface area contributed by atoms with Gasteiger partial charge in [0, 0.05) is 11.8 Å². The van der Waals surface area contributed by atoms with Crippen molar-refractivity contribution < 1.29 is 20.0 Å². The number of nitrogens with one attached hydrogen (secondary N) is 1. The molecule has 0 amide bonds. The summed E-state index contributed by atoms with van der Waals surface area (Å²) < 4.78 is 6.27. The Morgan fingerprint density at radius 1 is 1.17 bits per heavy atom. The summed E-state index contributed by atoms with van der Waals surface area (Å²) in [5, 5.41) is 35.7. The normalized spacial score (nSPS) is 41.0. The molecule has 3 aliphatic rings. The average molecular weight is 422 g/mol. The first-order valence-corrected chi connectivity index (χ1v) is 12.0. The molecule has 0 aromatic heterocycles. The van der Waals surface area contributed by atoms with E-state index in [0.29, 0.717) is 11.5 Å². The van der Waals surface area contributed by atoms with Gasteiger partial charge in [-0.05, 0) is 79.6 Å². The maximum atomic E-state index is 12.9. The van der Waals surface area contributed by atoms with E-state index in [1.807, 2.05) is 6.92 Å². The van der Waals surface area contributed by atoms with Crippen molar-refractivity contribution in [3.8, 4) is 0 Å². The number of ether oxygens (including phenoxy) is 1. The number of hydroxylamine groups is 2. The second-order valence-corrected chi connectivity index (χ2v) is 10.6. The highest BCUT2D eigenvalue weighted by Gasteiger charge is 2.60. The van der Waals surface area contributed by atoms with Crippen LogP contribution in [0.1, 0.15) is 86.0 Å². The molecule has 2 aliphatic heterocycles. The van der Waals surface area contributed by atoms with Gasteiger partial charge in [-0.1, -0.05) is 29.7 Å². The van der Waals surface area contributed by atoms with Crippen LogP contribution >= 0.6 is 0 Å². The molecule has 2 heterocycles. The van der Waals surface area contributed by atoms with Crippen molar-refractivity contribution in [2.45, 2.75) is 122 Å². The summed E-state index contributed by atoms with van der Waals surface area (Å²) in [5.74, 6) is 0.182. The van der Waals surface area contributed by atoms with Crippen LogP contribution in [-0.2, 0) is 4.74 Å². The third kappa shape index (κ3) is 5.02. The molecule has 3 rings (SSSR count). The molecule has 0 aromatic rings. The van der Waals surface area contributed by atoms with Crippen LogP contribution in [0.2, 0.25) is 0 Å². The van der Waals surface area contributed by atoms with Crippen molar-refractivity contribution in [2.75, 3.05) is 0 Å². The molecule has 0 spiro atoms. The molecule has 9 atom stereocenters. The Labute approximate surface area is 182 Å². The van der Waals surface area contributed by atoms with Gasteiger partial charge >= 0.3 is 0 Å². The third-order valence-electron chi connectivity index (χ3n) is 7.86. The monoisotopic (exact) mass is 421 g/mol. The highest BCUT2D eigenvalue weighted by Crippen LogP contribution is 2.45. The largest absolute Gasteiger partial charge is 0.634 e. The van der Waals surface area contributed by atoms with E-state index >= 15 is 0 Å². The summed E-state index contributed by atoms with van der Waals surface area (Å²) in [5.41, 5.74) is 1.56. The number of hydrogen-bond donors (Lipinski definition) is 3. The van der Waals surface area contributed by atoms with Gasteiger partial charge in [0.15, 0.2) is 0 Å². The van der Waals surface area contributed by atoms with Gasteiger partial charge in [-0.15, -0.1) is 0 Å². The number of quaternary nitrogens is 1. The molecule has 5 nitrogen and oxygen atoms in total. The van der Waals surface area contributed by atoms with Crippen LogP contribution < -0.4 is 5.06 Å². The van der Waals surface area contributed by atoms with Gasteiger partial charge in [0.05, 0.1) is 17.7 Å². The fourth-order valence-electron chi connectivity index (χ4n) is 6.12. The zero-order chi connectivity index (χ0) is 22.1. The summed E-state index contributed by atoms with van der Waals surface area (Å²) >= 11 is 0. The SMILES string of the molecule is CC(C)=CCCC(C)=CCCC(C)(O)C1OC2C(C1O)C1CCCCC1[NH+]([O-])C2C. The topological polar surface area (TPSA) is 77.2 Å². The summed E-state index contributed by atoms with van der Waals surface area (Å²) in [7, 11) is 0. The Morgan fingerprint density at radius 3 is 2.57 bits per heavy atom. The molecule has 9 unspecified atom stereocenters. The maximum absolute atomic E-state index is 12.9. The van der Waals surface area contributed by atoms with Crippen LogP contribution in [-0.4, -0.2) is 46.2 Å². The molecule has 0 radical (unpaired) electrons. The number of aliphatic hydroxyl groups is 2. The van der Waals surface area contributed by atoms with Crippen LogP contribution in [0.25, 0.3) is 0 Å². The van der Waals surface area contributed by atoms with Gasteiger partial charge in [0.2, 0.25) is 0 Å². The van der Waals surface area contributed by atoms with Gasteiger partial charge in [0.25, 0.3) is 0 Å². The minimum Gasteiger partial charge on any atom is -0.634 e. The standard InChI is InChI=1S/C25H43NO4/c1-16(2)10-8-11-17(3)12-9-15-25(5,28)24-22(27)21-19-13-6-7-14-20(19)26(29)18(4)23(21)30-24/h10,12,18-24,26-28H,6-9,11,13-15H2,1-5H3. The number of hydrogen-bond acceptors (Lipinski definition) is 4.